The number of fused-ring (bicyclic) bond motifs is 3. The number of hydrogen-bond acceptors (Lipinski definition) is 5. The molecule has 0 saturated carbocycles. The van der Waals surface area contributed by atoms with Gasteiger partial charge in [-0.15, -0.1) is 5.10 Å². The number of aromatic nitrogens is 3. The van der Waals surface area contributed by atoms with Gasteiger partial charge in [0.15, 0.2) is 6.61 Å². The van der Waals surface area contributed by atoms with Crippen LogP contribution in [0.15, 0.2) is 24.4 Å². The summed E-state index contributed by atoms with van der Waals surface area (Å²) in [5, 5.41) is 8.12. The van der Waals surface area contributed by atoms with E-state index in [1.807, 2.05) is 34.7 Å². The molecule has 2 aliphatic rings. The quantitative estimate of drug-likeness (QED) is 0.848. The van der Waals surface area contributed by atoms with E-state index in [2.05, 4.69) is 17.2 Å². The Kier molecular flexibility index (Phi) is 4.17. The van der Waals surface area contributed by atoms with Gasteiger partial charge in [-0.05, 0) is 43.5 Å². The van der Waals surface area contributed by atoms with Gasteiger partial charge in [-0.2, -0.15) is 0 Å². The highest BCUT2D eigenvalue weighted by molar-refractivity contribution is 5.78. The van der Waals surface area contributed by atoms with Crippen molar-refractivity contribution in [2.75, 3.05) is 19.7 Å². The SMILES string of the molecule is Cc1ccc(OCC(=O)N2CC[C@H]3[C@H](C2)OCc2cnnn23)cc1C. The third-order valence-corrected chi connectivity index (χ3v) is 5.13. The molecule has 0 bridgehead atoms. The molecule has 1 amide bonds. The van der Waals surface area contributed by atoms with Crippen LogP contribution in [-0.2, 0) is 16.1 Å². The van der Waals surface area contributed by atoms with Crippen molar-refractivity contribution in [1.29, 1.82) is 0 Å². The molecule has 1 fully saturated rings. The fraction of sp³-hybridized carbons (Fsp3) is 0.500. The highest BCUT2D eigenvalue weighted by atomic mass is 16.5. The maximum Gasteiger partial charge on any atom is 0.260 e. The van der Waals surface area contributed by atoms with Crippen LogP contribution in [0, 0.1) is 13.8 Å². The second kappa shape index (κ2) is 6.48. The number of ether oxygens (including phenoxy) is 2. The van der Waals surface area contributed by atoms with Crippen molar-refractivity contribution >= 4 is 5.91 Å². The monoisotopic (exact) mass is 342 g/mol. The molecule has 1 aromatic carbocycles. The summed E-state index contributed by atoms with van der Waals surface area (Å²) in [7, 11) is 0. The highest BCUT2D eigenvalue weighted by Crippen LogP contribution is 2.30. The van der Waals surface area contributed by atoms with Gasteiger partial charge in [-0.1, -0.05) is 11.3 Å². The van der Waals surface area contributed by atoms with E-state index in [-0.39, 0.29) is 24.7 Å². The van der Waals surface area contributed by atoms with Gasteiger partial charge in [0.1, 0.15) is 5.75 Å². The number of aryl methyl sites for hydroxylation is 2. The van der Waals surface area contributed by atoms with Gasteiger partial charge in [0.25, 0.3) is 5.91 Å². The molecule has 2 aliphatic heterocycles. The highest BCUT2D eigenvalue weighted by Gasteiger charge is 2.37. The summed E-state index contributed by atoms with van der Waals surface area (Å²) in [5.74, 6) is 0.720. The number of benzene rings is 1. The van der Waals surface area contributed by atoms with Crippen molar-refractivity contribution in [3.8, 4) is 5.75 Å². The van der Waals surface area contributed by atoms with E-state index >= 15 is 0 Å². The zero-order valence-corrected chi connectivity index (χ0v) is 14.5. The summed E-state index contributed by atoms with van der Waals surface area (Å²) in [6, 6.07) is 6.03. The van der Waals surface area contributed by atoms with Crippen molar-refractivity contribution in [2.45, 2.75) is 39.0 Å². The fourth-order valence-corrected chi connectivity index (χ4v) is 3.45. The Hall–Kier alpha value is -2.41. The Morgan fingerprint density at radius 2 is 2.24 bits per heavy atom. The van der Waals surface area contributed by atoms with Gasteiger partial charge in [0, 0.05) is 13.1 Å². The molecular weight excluding hydrogens is 320 g/mol. The van der Waals surface area contributed by atoms with E-state index in [9.17, 15) is 4.79 Å². The largest absolute Gasteiger partial charge is 0.484 e. The molecule has 0 N–H and O–H groups in total. The lowest BCUT2D eigenvalue weighted by molar-refractivity contribution is -0.141. The topological polar surface area (TPSA) is 69.5 Å². The number of nitrogens with zero attached hydrogens (tertiary/aromatic N) is 4. The van der Waals surface area contributed by atoms with Crippen LogP contribution >= 0.6 is 0 Å². The second-order valence-corrected chi connectivity index (χ2v) is 6.75. The molecular formula is C18H22N4O3. The van der Waals surface area contributed by atoms with Crippen LogP contribution in [0.4, 0.5) is 0 Å². The van der Waals surface area contributed by atoms with Crippen LogP contribution < -0.4 is 4.74 Å². The molecule has 1 aromatic heterocycles. The molecule has 0 spiro atoms. The Labute approximate surface area is 146 Å². The van der Waals surface area contributed by atoms with E-state index in [0.717, 1.165) is 23.4 Å². The molecule has 7 nitrogen and oxygen atoms in total. The number of piperidine rings is 1. The lowest BCUT2D eigenvalue weighted by Crippen LogP contribution is -2.51. The van der Waals surface area contributed by atoms with Gasteiger partial charge >= 0.3 is 0 Å². The molecule has 0 unspecified atom stereocenters. The van der Waals surface area contributed by atoms with Gasteiger partial charge in [0.2, 0.25) is 0 Å². The van der Waals surface area contributed by atoms with Crippen molar-refractivity contribution in [1.82, 2.24) is 19.9 Å². The first-order valence-corrected chi connectivity index (χ1v) is 8.60. The van der Waals surface area contributed by atoms with Gasteiger partial charge in [0.05, 0.1) is 30.6 Å². The normalized spacial score (nSPS) is 22.2. The van der Waals surface area contributed by atoms with Gasteiger partial charge < -0.3 is 14.4 Å². The minimum atomic E-state index is -0.0338. The van der Waals surface area contributed by atoms with E-state index in [0.29, 0.717) is 19.7 Å². The number of carbonyl (C=O) groups excluding carboxylic acids is 1. The smallest absolute Gasteiger partial charge is 0.260 e. The molecule has 1 saturated heterocycles. The summed E-state index contributed by atoms with van der Waals surface area (Å²) in [6.45, 7) is 5.88. The summed E-state index contributed by atoms with van der Waals surface area (Å²) >= 11 is 0. The zero-order chi connectivity index (χ0) is 17.4. The van der Waals surface area contributed by atoms with Crippen molar-refractivity contribution in [3.05, 3.63) is 41.2 Å². The van der Waals surface area contributed by atoms with Crippen LogP contribution in [0.25, 0.3) is 0 Å². The standard InChI is InChI=1S/C18H22N4O3/c1-12-3-4-15(7-13(12)2)24-11-18(23)21-6-5-16-17(9-21)25-10-14-8-19-20-22(14)16/h3-4,7-8,16-17H,5-6,9-11H2,1-2H3/t16-,17-/m0/s1. The number of hydrogen-bond donors (Lipinski definition) is 0. The van der Waals surface area contributed by atoms with Crippen molar-refractivity contribution in [2.24, 2.45) is 0 Å². The molecule has 0 radical (unpaired) electrons. The van der Waals surface area contributed by atoms with E-state index in [1.54, 1.807) is 6.20 Å². The number of amides is 1. The molecule has 25 heavy (non-hydrogen) atoms. The first kappa shape index (κ1) is 16.1. The predicted octanol–water partition coefficient (Wildman–Crippen LogP) is 1.65. The van der Waals surface area contributed by atoms with Crippen LogP contribution in [0.5, 0.6) is 5.75 Å². The van der Waals surface area contributed by atoms with Crippen molar-refractivity contribution < 1.29 is 14.3 Å². The summed E-state index contributed by atoms with van der Waals surface area (Å²) in [5.41, 5.74) is 3.37. The molecule has 2 aromatic rings. The maximum atomic E-state index is 12.5. The van der Waals surface area contributed by atoms with Gasteiger partial charge in [-0.3, -0.25) is 4.79 Å². The Balaban J connectivity index is 1.35. The summed E-state index contributed by atoms with van der Waals surface area (Å²) in [4.78, 5) is 14.3. The second-order valence-electron chi connectivity index (χ2n) is 6.75. The van der Waals surface area contributed by atoms with Gasteiger partial charge in [-0.25, -0.2) is 4.68 Å². The molecule has 3 heterocycles. The zero-order valence-electron chi connectivity index (χ0n) is 14.5. The molecule has 4 rings (SSSR count). The summed E-state index contributed by atoms with van der Waals surface area (Å²) in [6.07, 6.45) is 2.52. The first-order chi connectivity index (χ1) is 12.1. The summed E-state index contributed by atoms with van der Waals surface area (Å²) < 4.78 is 13.5. The minimum absolute atomic E-state index is 0.00957. The number of likely N-dealkylation sites (tertiary alicyclic amines) is 1. The lowest BCUT2D eigenvalue weighted by Gasteiger charge is -2.40. The third kappa shape index (κ3) is 3.11. The molecule has 132 valence electrons. The van der Waals surface area contributed by atoms with Crippen LogP contribution in [0.2, 0.25) is 0 Å². The van der Waals surface area contributed by atoms with E-state index < -0.39 is 0 Å². The average Bonchev–Trinajstić information content (AvgIpc) is 3.11. The molecule has 0 aliphatic carbocycles. The Bertz CT molecular complexity index is 788. The Morgan fingerprint density at radius 1 is 1.36 bits per heavy atom. The number of carbonyl (C=O) groups is 1. The van der Waals surface area contributed by atoms with Crippen LogP contribution in [0.3, 0.4) is 0 Å². The number of rotatable bonds is 3. The van der Waals surface area contributed by atoms with Crippen LogP contribution in [-0.4, -0.2) is 51.6 Å². The van der Waals surface area contributed by atoms with E-state index in [4.69, 9.17) is 9.47 Å². The molecule has 2 atom stereocenters. The van der Waals surface area contributed by atoms with E-state index in [1.165, 1.54) is 5.56 Å². The minimum Gasteiger partial charge on any atom is -0.484 e. The average molecular weight is 342 g/mol. The van der Waals surface area contributed by atoms with Crippen LogP contribution in [0.1, 0.15) is 29.3 Å². The Morgan fingerprint density at radius 3 is 3.08 bits per heavy atom. The predicted molar refractivity (Wildman–Crippen MR) is 90.2 cm³/mol. The molecule has 7 heteroatoms. The van der Waals surface area contributed by atoms with Crippen molar-refractivity contribution in [3.63, 3.8) is 0 Å². The first-order valence-electron chi connectivity index (χ1n) is 8.60. The third-order valence-electron chi connectivity index (χ3n) is 5.13. The lowest BCUT2D eigenvalue weighted by atomic mass is 10.00. The fourth-order valence-electron chi connectivity index (χ4n) is 3.45. The maximum absolute atomic E-state index is 12.5.